The van der Waals surface area contributed by atoms with Crippen LogP contribution >= 0.6 is 0 Å². The quantitative estimate of drug-likeness (QED) is 0.295. The van der Waals surface area contributed by atoms with Crippen molar-refractivity contribution in [2.45, 2.75) is 6.42 Å². The monoisotopic (exact) mass is 464 g/mol. The predicted octanol–water partition coefficient (Wildman–Crippen LogP) is 4.06. The van der Waals surface area contributed by atoms with Gasteiger partial charge in [-0.25, -0.2) is 9.97 Å². The minimum absolute atomic E-state index is 0.0359. The molecule has 0 saturated heterocycles. The SMILES string of the molecule is O=C(/C=C/c1cc(Cc2ccc(O)c(/C=C/C(=O)c3cnccn3)c2)ccc1O)c1cnccn1. The molecule has 0 aliphatic carbocycles. The van der Waals surface area contributed by atoms with Crippen LogP contribution in [0.4, 0.5) is 0 Å². The maximum atomic E-state index is 12.2. The van der Waals surface area contributed by atoms with Gasteiger partial charge in [-0.3, -0.25) is 19.6 Å². The van der Waals surface area contributed by atoms with Crippen molar-refractivity contribution in [2.24, 2.45) is 0 Å². The second-order valence-electron chi connectivity index (χ2n) is 7.54. The van der Waals surface area contributed by atoms with Gasteiger partial charge >= 0.3 is 0 Å². The van der Waals surface area contributed by atoms with Gasteiger partial charge in [0.05, 0.1) is 12.4 Å². The Morgan fingerprint density at radius 3 is 1.54 bits per heavy atom. The first kappa shape index (κ1) is 23.2. The Labute approximate surface area is 201 Å². The van der Waals surface area contributed by atoms with Crippen molar-refractivity contribution in [2.75, 3.05) is 0 Å². The van der Waals surface area contributed by atoms with Crippen LogP contribution in [0.3, 0.4) is 0 Å². The minimum atomic E-state index is -0.325. The van der Waals surface area contributed by atoms with Gasteiger partial charge in [0.2, 0.25) is 11.6 Å². The number of phenolic OH excluding ortho intramolecular Hbond substituents is 2. The van der Waals surface area contributed by atoms with E-state index < -0.39 is 0 Å². The van der Waals surface area contributed by atoms with Gasteiger partial charge in [0.1, 0.15) is 22.9 Å². The Morgan fingerprint density at radius 2 is 1.14 bits per heavy atom. The molecule has 0 fully saturated rings. The molecule has 2 N–H and O–H groups in total. The zero-order chi connectivity index (χ0) is 24.6. The standard InChI is InChI=1S/C27H20N4O4/c32-24-5-1-18(14-20(24)3-7-26(34)22-16-28-9-11-30-22)13-19-2-6-25(33)21(15-19)4-8-27(35)23-17-29-10-12-31-23/h1-12,14-17,32-33H,13H2/b7-3+,8-4+. The fourth-order valence-electron chi connectivity index (χ4n) is 3.28. The largest absolute Gasteiger partial charge is 0.507 e. The first-order chi connectivity index (χ1) is 17.0. The summed E-state index contributed by atoms with van der Waals surface area (Å²) in [4.78, 5) is 40.2. The highest BCUT2D eigenvalue weighted by Crippen LogP contribution is 2.25. The van der Waals surface area contributed by atoms with Crippen molar-refractivity contribution in [1.82, 2.24) is 19.9 Å². The van der Waals surface area contributed by atoms with Gasteiger partial charge in [-0.2, -0.15) is 0 Å². The summed E-state index contributed by atoms with van der Waals surface area (Å²) < 4.78 is 0. The van der Waals surface area contributed by atoms with Gasteiger partial charge in [0.15, 0.2) is 0 Å². The third-order valence-corrected chi connectivity index (χ3v) is 5.05. The van der Waals surface area contributed by atoms with Crippen LogP contribution < -0.4 is 0 Å². The molecule has 35 heavy (non-hydrogen) atoms. The molecule has 0 aliphatic rings. The zero-order valence-corrected chi connectivity index (χ0v) is 18.4. The van der Waals surface area contributed by atoms with E-state index in [2.05, 4.69) is 19.9 Å². The molecule has 2 heterocycles. The van der Waals surface area contributed by atoms with Gasteiger partial charge < -0.3 is 10.2 Å². The average molecular weight is 464 g/mol. The summed E-state index contributed by atoms with van der Waals surface area (Å²) in [6, 6.07) is 10.2. The van der Waals surface area contributed by atoms with Crippen LogP contribution in [0.15, 0.2) is 85.7 Å². The molecule has 4 rings (SSSR count). The Morgan fingerprint density at radius 1 is 0.686 bits per heavy atom. The minimum Gasteiger partial charge on any atom is -0.507 e. The van der Waals surface area contributed by atoms with Crippen LogP contribution in [0, 0.1) is 0 Å². The lowest BCUT2D eigenvalue weighted by Crippen LogP contribution is -1.98. The Hall–Kier alpha value is -4.98. The van der Waals surface area contributed by atoms with E-state index in [4.69, 9.17) is 0 Å². The molecule has 172 valence electrons. The lowest BCUT2D eigenvalue weighted by molar-refractivity contribution is 0.103. The highest BCUT2D eigenvalue weighted by atomic mass is 16.3. The number of aromatic nitrogens is 4. The number of hydrogen-bond acceptors (Lipinski definition) is 8. The molecule has 8 heteroatoms. The fraction of sp³-hybridized carbons (Fsp3) is 0.0370. The van der Waals surface area contributed by atoms with Crippen molar-refractivity contribution in [3.63, 3.8) is 0 Å². The summed E-state index contributed by atoms with van der Waals surface area (Å²) in [6.07, 6.45) is 14.8. The fourth-order valence-corrected chi connectivity index (χ4v) is 3.28. The van der Waals surface area contributed by atoms with Crippen molar-refractivity contribution < 1.29 is 19.8 Å². The molecule has 0 spiro atoms. The summed E-state index contributed by atoms with van der Waals surface area (Å²) in [5.74, 6) is -0.578. The molecule has 0 amide bonds. The second-order valence-corrected chi connectivity index (χ2v) is 7.54. The number of hydrogen-bond donors (Lipinski definition) is 2. The summed E-state index contributed by atoms with van der Waals surface area (Å²) in [5, 5.41) is 20.4. The van der Waals surface area contributed by atoms with E-state index in [1.807, 2.05) is 0 Å². The van der Waals surface area contributed by atoms with E-state index >= 15 is 0 Å². The molecular weight excluding hydrogens is 444 g/mol. The van der Waals surface area contributed by atoms with Crippen LogP contribution in [0.25, 0.3) is 12.2 Å². The number of carbonyl (C=O) groups excluding carboxylic acids is 2. The van der Waals surface area contributed by atoms with E-state index in [-0.39, 0.29) is 34.5 Å². The zero-order valence-electron chi connectivity index (χ0n) is 18.4. The second kappa shape index (κ2) is 10.8. The van der Waals surface area contributed by atoms with Crippen LogP contribution in [0.2, 0.25) is 0 Å². The topological polar surface area (TPSA) is 126 Å². The number of rotatable bonds is 8. The van der Waals surface area contributed by atoms with E-state index in [1.165, 1.54) is 61.5 Å². The normalized spacial score (nSPS) is 11.2. The third kappa shape index (κ3) is 6.08. The van der Waals surface area contributed by atoms with E-state index in [0.29, 0.717) is 17.5 Å². The van der Waals surface area contributed by atoms with Gasteiger partial charge in [-0.15, -0.1) is 0 Å². The first-order valence-corrected chi connectivity index (χ1v) is 10.6. The molecule has 0 radical (unpaired) electrons. The summed E-state index contributed by atoms with van der Waals surface area (Å²) in [6.45, 7) is 0. The first-order valence-electron chi connectivity index (χ1n) is 10.6. The Bertz CT molecular complexity index is 1310. The number of aromatic hydroxyl groups is 2. The van der Waals surface area contributed by atoms with Crippen LogP contribution in [-0.2, 0) is 6.42 Å². The molecule has 8 nitrogen and oxygen atoms in total. The van der Waals surface area contributed by atoms with E-state index in [1.54, 1.807) is 36.4 Å². The molecule has 0 atom stereocenters. The van der Waals surface area contributed by atoms with Gasteiger partial charge in [-0.05, 0) is 66.1 Å². The van der Waals surface area contributed by atoms with E-state index in [0.717, 1.165) is 11.1 Å². The number of nitrogens with zero attached hydrogens (tertiary/aromatic N) is 4. The molecule has 0 bridgehead atoms. The summed E-state index contributed by atoms with van der Waals surface area (Å²) >= 11 is 0. The molecule has 2 aromatic carbocycles. The highest BCUT2D eigenvalue weighted by molar-refractivity contribution is 6.06. The number of ketones is 2. The predicted molar refractivity (Wildman–Crippen MR) is 130 cm³/mol. The van der Waals surface area contributed by atoms with Crippen LogP contribution in [0.5, 0.6) is 11.5 Å². The van der Waals surface area contributed by atoms with Gasteiger partial charge in [-0.1, -0.05) is 12.1 Å². The molecule has 0 unspecified atom stereocenters. The summed E-state index contributed by atoms with van der Waals surface area (Å²) in [5.41, 5.74) is 3.14. The number of carbonyl (C=O) groups is 2. The maximum Gasteiger partial charge on any atom is 0.205 e. The molecule has 2 aromatic heterocycles. The van der Waals surface area contributed by atoms with Crippen LogP contribution in [0.1, 0.15) is 43.2 Å². The Kier molecular flexibility index (Phi) is 7.13. The number of benzene rings is 2. The van der Waals surface area contributed by atoms with Gasteiger partial charge in [0, 0.05) is 35.9 Å². The lowest BCUT2D eigenvalue weighted by Gasteiger charge is -2.08. The van der Waals surface area contributed by atoms with E-state index in [9.17, 15) is 19.8 Å². The van der Waals surface area contributed by atoms with Crippen molar-refractivity contribution >= 4 is 23.7 Å². The number of allylic oxidation sites excluding steroid dienone is 2. The van der Waals surface area contributed by atoms with Crippen molar-refractivity contribution in [3.8, 4) is 11.5 Å². The molecular formula is C27H20N4O4. The average Bonchev–Trinajstić information content (AvgIpc) is 2.90. The molecule has 0 aliphatic heterocycles. The van der Waals surface area contributed by atoms with Crippen molar-refractivity contribution in [3.05, 3.63) is 119 Å². The van der Waals surface area contributed by atoms with Crippen LogP contribution in [-0.4, -0.2) is 41.7 Å². The third-order valence-electron chi connectivity index (χ3n) is 5.05. The highest BCUT2D eigenvalue weighted by Gasteiger charge is 2.08. The van der Waals surface area contributed by atoms with Crippen molar-refractivity contribution in [1.29, 1.82) is 0 Å². The maximum absolute atomic E-state index is 12.2. The molecule has 4 aromatic rings. The Balaban J connectivity index is 1.50. The van der Waals surface area contributed by atoms with Gasteiger partial charge in [0.25, 0.3) is 0 Å². The number of phenols is 2. The molecule has 0 saturated carbocycles. The lowest BCUT2D eigenvalue weighted by atomic mass is 9.99. The summed E-state index contributed by atoms with van der Waals surface area (Å²) in [7, 11) is 0. The smallest absolute Gasteiger partial charge is 0.205 e.